The van der Waals surface area contributed by atoms with Crippen LogP contribution in [0.15, 0.2) is 30.5 Å². The third kappa shape index (κ3) is 3.92. The van der Waals surface area contributed by atoms with Gasteiger partial charge >= 0.3 is 6.09 Å². The van der Waals surface area contributed by atoms with E-state index in [2.05, 4.69) is 19.9 Å². The Hall–Kier alpha value is -2.67. The summed E-state index contributed by atoms with van der Waals surface area (Å²) < 4.78 is 7.55. The van der Waals surface area contributed by atoms with Crippen LogP contribution in [0, 0.1) is 0 Å². The summed E-state index contributed by atoms with van der Waals surface area (Å²) in [5.74, 6) is 0.640. The molecule has 4 rings (SSSR count). The number of aliphatic hydroxyl groups is 1. The fraction of sp³-hybridized carbons (Fsp3) is 0.500. The number of carbonyl (C=O) groups excluding carboxylic acids is 1. The molecule has 3 aromatic rings. The number of nitrogens with zero attached hydrogens (tertiary/aromatic N) is 3. The van der Waals surface area contributed by atoms with Crippen molar-refractivity contribution in [2.75, 3.05) is 0 Å². The minimum atomic E-state index is -0.695. The molecule has 0 spiro atoms. The highest BCUT2D eigenvalue weighted by molar-refractivity contribution is 6.02. The first-order valence-electron chi connectivity index (χ1n) is 10.2. The van der Waals surface area contributed by atoms with E-state index in [0.717, 1.165) is 41.2 Å². The number of carbonyl (C=O) groups is 1. The number of para-hydroxylation sites is 1. The van der Waals surface area contributed by atoms with E-state index in [4.69, 9.17) is 4.74 Å². The van der Waals surface area contributed by atoms with Gasteiger partial charge in [0.25, 0.3) is 0 Å². The maximum Gasteiger partial charge on any atom is 0.407 e. The van der Waals surface area contributed by atoms with Gasteiger partial charge in [0.1, 0.15) is 23.0 Å². The van der Waals surface area contributed by atoms with E-state index in [-0.39, 0.29) is 18.2 Å². The molecule has 2 heterocycles. The standard InChI is InChI=1S/C22H28N4O3/c1-13(27)20-25-18-12-23-17-8-6-5-7-16(17)19(18)26(20)15-10-9-14(11-15)24-21(28)29-22(2,3)4/h5-8,12-15,27H,9-11H2,1-4H3,(H,24,28)/t13-,14?,15?/m1/s1. The maximum absolute atomic E-state index is 12.2. The molecule has 7 heteroatoms. The van der Waals surface area contributed by atoms with E-state index in [1.54, 1.807) is 13.1 Å². The summed E-state index contributed by atoms with van der Waals surface area (Å²) in [6.45, 7) is 7.31. The summed E-state index contributed by atoms with van der Waals surface area (Å²) in [7, 11) is 0. The zero-order valence-corrected chi connectivity index (χ0v) is 17.3. The fourth-order valence-electron chi connectivity index (χ4n) is 4.20. The smallest absolute Gasteiger partial charge is 0.407 e. The number of amides is 1. The zero-order chi connectivity index (χ0) is 20.8. The number of aliphatic hydroxyl groups excluding tert-OH is 1. The molecular weight excluding hydrogens is 368 g/mol. The number of fused-ring (bicyclic) bond motifs is 3. The highest BCUT2D eigenvalue weighted by Crippen LogP contribution is 2.37. The average Bonchev–Trinajstić information content (AvgIpc) is 3.24. The number of nitrogens with one attached hydrogen (secondary N) is 1. The number of aromatic nitrogens is 3. The molecule has 0 saturated heterocycles. The van der Waals surface area contributed by atoms with Crippen LogP contribution in [0.1, 0.15) is 64.9 Å². The van der Waals surface area contributed by atoms with Crippen molar-refractivity contribution in [3.63, 3.8) is 0 Å². The van der Waals surface area contributed by atoms with Gasteiger partial charge in [-0.15, -0.1) is 0 Å². The first kappa shape index (κ1) is 19.6. The van der Waals surface area contributed by atoms with E-state index in [9.17, 15) is 9.90 Å². The number of imidazole rings is 1. The lowest BCUT2D eigenvalue weighted by molar-refractivity contribution is 0.0504. The predicted octanol–water partition coefficient (Wildman–Crippen LogP) is 4.26. The molecule has 7 nitrogen and oxygen atoms in total. The van der Waals surface area contributed by atoms with Gasteiger partial charge < -0.3 is 19.7 Å². The third-order valence-electron chi connectivity index (χ3n) is 5.32. The summed E-state index contributed by atoms with van der Waals surface area (Å²) >= 11 is 0. The Balaban J connectivity index is 1.68. The second-order valence-electron chi connectivity index (χ2n) is 8.84. The van der Waals surface area contributed by atoms with Crippen LogP contribution in [0.2, 0.25) is 0 Å². The number of rotatable bonds is 3. The normalized spacial score (nSPS) is 20.9. The SMILES string of the molecule is C[C@@H](O)c1nc2cnc3ccccc3c2n1C1CCC(NC(=O)OC(C)(C)C)C1. The molecule has 154 valence electrons. The number of hydrogen-bond donors (Lipinski definition) is 2. The first-order chi connectivity index (χ1) is 13.7. The monoisotopic (exact) mass is 396 g/mol. The van der Waals surface area contributed by atoms with Gasteiger partial charge in [-0.2, -0.15) is 0 Å². The fourth-order valence-corrected chi connectivity index (χ4v) is 4.20. The van der Waals surface area contributed by atoms with Crippen LogP contribution in [0.3, 0.4) is 0 Å². The van der Waals surface area contributed by atoms with Gasteiger partial charge in [-0.05, 0) is 53.0 Å². The Morgan fingerprint density at radius 3 is 2.76 bits per heavy atom. The number of benzene rings is 1. The molecule has 0 bridgehead atoms. The maximum atomic E-state index is 12.2. The Bertz CT molecular complexity index is 1050. The van der Waals surface area contributed by atoms with Gasteiger partial charge in [0.15, 0.2) is 0 Å². The number of alkyl carbamates (subject to hydrolysis) is 1. The lowest BCUT2D eigenvalue weighted by Crippen LogP contribution is -2.38. The van der Waals surface area contributed by atoms with Gasteiger partial charge in [0, 0.05) is 17.5 Å². The molecule has 1 aromatic carbocycles. The minimum absolute atomic E-state index is 0.0299. The van der Waals surface area contributed by atoms with Gasteiger partial charge in [-0.3, -0.25) is 4.98 Å². The largest absolute Gasteiger partial charge is 0.444 e. The lowest BCUT2D eigenvalue weighted by atomic mass is 10.1. The molecule has 1 amide bonds. The molecule has 29 heavy (non-hydrogen) atoms. The molecule has 1 aliphatic carbocycles. The van der Waals surface area contributed by atoms with E-state index >= 15 is 0 Å². The van der Waals surface area contributed by atoms with Crippen LogP contribution >= 0.6 is 0 Å². The van der Waals surface area contributed by atoms with Crippen molar-refractivity contribution in [2.45, 2.75) is 70.7 Å². The Labute approximate surface area is 170 Å². The lowest BCUT2D eigenvalue weighted by Gasteiger charge is -2.22. The number of hydrogen-bond acceptors (Lipinski definition) is 5. The molecule has 0 aliphatic heterocycles. The van der Waals surface area contributed by atoms with Crippen LogP contribution in [0.5, 0.6) is 0 Å². The number of ether oxygens (including phenoxy) is 1. The average molecular weight is 396 g/mol. The number of pyridine rings is 1. The van der Waals surface area contributed by atoms with Gasteiger partial charge in [0.05, 0.1) is 17.2 Å². The quantitative estimate of drug-likeness (QED) is 0.691. The molecular formula is C22H28N4O3. The van der Waals surface area contributed by atoms with Crippen molar-refractivity contribution in [2.24, 2.45) is 0 Å². The molecule has 2 unspecified atom stereocenters. The van der Waals surface area contributed by atoms with Crippen LogP contribution in [-0.2, 0) is 4.74 Å². The molecule has 2 N–H and O–H groups in total. The Morgan fingerprint density at radius 2 is 2.03 bits per heavy atom. The zero-order valence-electron chi connectivity index (χ0n) is 17.3. The topological polar surface area (TPSA) is 89.3 Å². The van der Waals surface area contributed by atoms with Crippen LogP contribution < -0.4 is 5.32 Å². The van der Waals surface area contributed by atoms with Gasteiger partial charge in [0.2, 0.25) is 0 Å². The second kappa shape index (κ2) is 7.30. The summed E-state index contributed by atoms with van der Waals surface area (Å²) in [4.78, 5) is 21.4. The Morgan fingerprint density at radius 1 is 1.28 bits per heavy atom. The van der Waals surface area contributed by atoms with Crippen molar-refractivity contribution < 1.29 is 14.6 Å². The van der Waals surface area contributed by atoms with Crippen LogP contribution in [0.25, 0.3) is 21.9 Å². The predicted molar refractivity (Wildman–Crippen MR) is 112 cm³/mol. The summed E-state index contributed by atoms with van der Waals surface area (Å²) in [5.41, 5.74) is 2.16. The summed E-state index contributed by atoms with van der Waals surface area (Å²) in [6.07, 6.45) is 3.20. The van der Waals surface area contributed by atoms with E-state index in [1.807, 2.05) is 45.0 Å². The molecule has 1 aliphatic rings. The van der Waals surface area contributed by atoms with Gasteiger partial charge in [-0.25, -0.2) is 9.78 Å². The third-order valence-corrected chi connectivity index (χ3v) is 5.32. The first-order valence-corrected chi connectivity index (χ1v) is 10.2. The van der Waals surface area contributed by atoms with Crippen molar-refractivity contribution in [1.29, 1.82) is 0 Å². The highest BCUT2D eigenvalue weighted by Gasteiger charge is 2.32. The van der Waals surface area contributed by atoms with Crippen molar-refractivity contribution in [3.8, 4) is 0 Å². The summed E-state index contributed by atoms with van der Waals surface area (Å²) in [5, 5.41) is 14.4. The van der Waals surface area contributed by atoms with Crippen molar-refractivity contribution in [1.82, 2.24) is 19.9 Å². The Kier molecular flexibility index (Phi) is 4.94. The highest BCUT2D eigenvalue weighted by atomic mass is 16.6. The minimum Gasteiger partial charge on any atom is -0.444 e. The summed E-state index contributed by atoms with van der Waals surface area (Å²) in [6, 6.07) is 8.14. The van der Waals surface area contributed by atoms with E-state index in [0.29, 0.717) is 5.82 Å². The van der Waals surface area contributed by atoms with Crippen molar-refractivity contribution in [3.05, 3.63) is 36.3 Å². The van der Waals surface area contributed by atoms with Crippen molar-refractivity contribution >= 4 is 28.0 Å². The molecule has 2 aromatic heterocycles. The van der Waals surface area contributed by atoms with Crippen LogP contribution in [0.4, 0.5) is 4.79 Å². The van der Waals surface area contributed by atoms with Gasteiger partial charge in [-0.1, -0.05) is 18.2 Å². The van der Waals surface area contributed by atoms with E-state index in [1.165, 1.54) is 0 Å². The molecule has 1 fully saturated rings. The molecule has 3 atom stereocenters. The van der Waals surface area contributed by atoms with Crippen LogP contribution in [-0.4, -0.2) is 37.4 Å². The second-order valence-corrected chi connectivity index (χ2v) is 8.84. The molecule has 0 radical (unpaired) electrons. The molecule has 1 saturated carbocycles. The van der Waals surface area contributed by atoms with E-state index < -0.39 is 11.7 Å².